The van der Waals surface area contributed by atoms with Gasteiger partial charge in [-0.05, 0) is 11.6 Å². The van der Waals surface area contributed by atoms with Crippen molar-refractivity contribution in [2.75, 3.05) is 6.61 Å². The third kappa shape index (κ3) is 3.03. The summed E-state index contributed by atoms with van der Waals surface area (Å²) in [7, 11) is 0. The molecular weight excluding hydrogens is 324 g/mol. The van der Waals surface area contributed by atoms with Crippen molar-refractivity contribution in [1.82, 2.24) is 0 Å². The van der Waals surface area contributed by atoms with Gasteiger partial charge in [-0.25, -0.2) is 0 Å². The fourth-order valence-corrected chi connectivity index (χ4v) is 3.32. The van der Waals surface area contributed by atoms with Crippen LogP contribution in [0.4, 0.5) is 0 Å². The largest absolute Gasteiger partial charge is 0.461 e. The van der Waals surface area contributed by atoms with Gasteiger partial charge in [-0.15, -0.1) is 0 Å². The topological polar surface area (TPSA) is 88.4 Å². The fourth-order valence-electron chi connectivity index (χ4n) is 3.32. The third-order valence-corrected chi connectivity index (χ3v) is 4.63. The zero-order valence-corrected chi connectivity index (χ0v) is 13.4. The smallest absolute Gasteiger partial charge is 0.229 e. The second-order valence-electron chi connectivity index (χ2n) is 6.30. The Hall–Kier alpha value is -1.96. The van der Waals surface area contributed by atoms with Crippen LogP contribution in [-0.2, 0) is 9.47 Å². The van der Waals surface area contributed by atoms with Gasteiger partial charge < -0.3 is 29.5 Å². The van der Waals surface area contributed by atoms with Crippen molar-refractivity contribution >= 4 is 0 Å². The summed E-state index contributed by atoms with van der Waals surface area (Å²) in [5.74, 6) is 0.525. The number of fused-ring (bicyclic) bond motifs is 1. The number of aliphatic hydroxyl groups excluding tert-OH is 3. The Balaban J connectivity index is 1.60. The molecule has 2 saturated heterocycles. The molecule has 2 aromatic carbocycles. The molecule has 0 saturated carbocycles. The first-order chi connectivity index (χ1) is 12.1. The minimum Gasteiger partial charge on any atom is -0.461 e. The summed E-state index contributed by atoms with van der Waals surface area (Å²) in [5.41, 5.74) is 1.81. The van der Waals surface area contributed by atoms with E-state index in [2.05, 4.69) is 0 Å². The molecule has 0 aromatic heterocycles. The minimum atomic E-state index is -1.28. The van der Waals surface area contributed by atoms with Crippen molar-refractivity contribution in [2.24, 2.45) is 0 Å². The molecule has 6 heteroatoms. The first-order valence-electron chi connectivity index (χ1n) is 8.27. The van der Waals surface area contributed by atoms with Gasteiger partial charge in [0.05, 0.1) is 6.61 Å². The molecule has 2 fully saturated rings. The second kappa shape index (κ2) is 6.74. The maximum absolute atomic E-state index is 10.3. The lowest BCUT2D eigenvalue weighted by Crippen LogP contribution is -2.59. The van der Waals surface area contributed by atoms with E-state index < -0.39 is 36.8 Å². The normalized spacial score (nSPS) is 34.5. The van der Waals surface area contributed by atoms with E-state index in [4.69, 9.17) is 14.2 Å². The van der Waals surface area contributed by atoms with Crippen molar-refractivity contribution < 1.29 is 29.5 Å². The summed E-state index contributed by atoms with van der Waals surface area (Å²) in [6.45, 7) is 0.0619. The van der Waals surface area contributed by atoms with Gasteiger partial charge in [-0.2, -0.15) is 0 Å². The highest BCUT2D eigenvalue weighted by Crippen LogP contribution is 2.35. The van der Waals surface area contributed by atoms with Crippen LogP contribution in [0.2, 0.25) is 0 Å². The molecule has 0 aliphatic carbocycles. The Labute approximate surface area is 145 Å². The maximum Gasteiger partial charge on any atom is 0.229 e. The van der Waals surface area contributed by atoms with Gasteiger partial charge in [0.15, 0.2) is 0 Å². The number of ether oxygens (including phenoxy) is 3. The van der Waals surface area contributed by atoms with Crippen LogP contribution < -0.4 is 4.74 Å². The maximum atomic E-state index is 10.3. The van der Waals surface area contributed by atoms with Crippen LogP contribution in [0.3, 0.4) is 0 Å². The summed E-state index contributed by atoms with van der Waals surface area (Å²) in [5, 5.41) is 30.5. The standard InChI is InChI=1S/C19H20O6/c20-13-10-23-18-15(21)16(22)19(25-17(13)18)24-14-9-5-4-8-12(14)11-6-2-1-3-7-11/h1-9,13,15-22H,10H2. The minimum absolute atomic E-state index is 0.0619. The van der Waals surface area contributed by atoms with Crippen molar-refractivity contribution in [3.05, 3.63) is 54.6 Å². The van der Waals surface area contributed by atoms with Crippen LogP contribution in [0.1, 0.15) is 0 Å². The number of hydrogen-bond acceptors (Lipinski definition) is 6. The van der Waals surface area contributed by atoms with Crippen LogP contribution in [0.15, 0.2) is 54.6 Å². The molecule has 4 rings (SSSR count). The molecule has 2 aliphatic heterocycles. The lowest BCUT2D eigenvalue weighted by Gasteiger charge is -2.39. The second-order valence-corrected chi connectivity index (χ2v) is 6.30. The van der Waals surface area contributed by atoms with Gasteiger partial charge in [-0.3, -0.25) is 0 Å². The average molecular weight is 344 g/mol. The molecular formula is C19H20O6. The van der Waals surface area contributed by atoms with E-state index in [1.807, 2.05) is 48.5 Å². The van der Waals surface area contributed by atoms with E-state index in [1.54, 1.807) is 6.07 Å². The molecule has 6 atom stereocenters. The lowest BCUT2D eigenvalue weighted by atomic mass is 9.97. The monoisotopic (exact) mass is 344 g/mol. The van der Waals surface area contributed by atoms with Crippen LogP contribution in [0, 0.1) is 0 Å². The van der Waals surface area contributed by atoms with Gasteiger partial charge >= 0.3 is 0 Å². The number of hydrogen-bond donors (Lipinski definition) is 3. The van der Waals surface area contributed by atoms with E-state index in [1.165, 1.54) is 0 Å². The summed E-state index contributed by atoms with van der Waals surface area (Å²) >= 11 is 0. The molecule has 2 aromatic rings. The molecule has 0 radical (unpaired) electrons. The van der Waals surface area contributed by atoms with Crippen LogP contribution >= 0.6 is 0 Å². The van der Waals surface area contributed by atoms with Gasteiger partial charge in [-0.1, -0.05) is 48.5 Å². The van der Waals surface area contributed by atoms with E-state index in [0.717, 1.165) is 11.1 Å². The Morgan fingerprint density at radius 2 is 1.56 bits per heavy atom. The fraction of sp³-hybridized carbons (Fsp3) is 0.368. The predicted molar refractivity (Wildman–Crippen MR) is 88.9 cm³/mol. The van der Waals surface area contributed by atoms with Crippen molar-refractivity contribution in [3.63, 3.8) is 0 Å². The molecule has 6 nitrogen and oxygen atoms in total. The van der Waals surface area contributed by atoms with Crippen LogP contribution in [0.25, 0.3) is 11.1 Å². The summed E-state index contributed by atoms with van der Waals surface area (Å²) < 4.78 is 16.9. The summed E-state index contributed by atoms with van der Waals surface area (Å²) in [4.78, 5) is 0. The van der Waals surface area contributed by atoms with Gasteiger partial charge in [0.1, 0.15) is 36.3 Å². The van der Waals surface area contributed by atoms with E-state index in [-0.39, 0.29) is 6.61 Å². The Bertz CT molecular complexity index is 721. The Morgan fingerprint density at radius 1 is 0.840 bits per heavy atom. The SMILES string of the molecule is OC1COC2C(O)C(O)C(Oc3ccccc3-c3ccccc3)OC12. The highest BCUT2D eigenvalue weighted by Gasteiger charge is 2.52. The first-order valence-corrected chi connectivity index (χ1v) is 8.27. The van der Waals surface area contributed by atoms with Gasteiger partial charge in [0.25, 0.3) is 0 Å². The molecule has 25 heavy (non-hydrogen) atoms. The zero-order valence-electron chi connectivity index (χ0n) is 13.4. The van der Waals surface area contributed by atoms with E-state index in [9.17, 15) is 15.3 Å². The molecule has 0 bridgehead atoms. The molecule has 132 valence electrons. The van der Waals surface area contributed by atoms with Gasteiger partial charge in [0.2, 0.25) is 6.29 Å². The first kappa shape index (κ1) is 16.5. The Morgan fingerprint density at radius 3 is 2.36 bits per heavy atom. The van der Waals surface area contributed by atoms with Crippen molar-refractivity contribution in [3.8, 4) is 16.9 Å². The van der Waals surface area contributed by atoms with E-state index >= 15 is 0 Å². The van der Waals surface area contributed by atoms with Gasteiger partial charge in [0, 0.05) is 5.56 Å². The Kier molecular flexibility index (Phi) is 4.45. The molecule has 2 aliphatic rings. The highest BCUT2D eigenvalue weighted by molar-refractivity contribution is 5.70. The van der Waals surface area contributed by atoms with Crippen LogP contribution in [0.5, 0.6) is 5.75 Å². The van der Waals surface area contributed by atoms with Crippen molar-refractivity contribution in [2.45, 2.75) is 36.8 Å². The quantitative estimate of drug-likeness (QED) is 0.768. The molecule has 0 amide bonds. The average Bonchev–Trinajstić information content (AvgIpc) is 3.01. The molecule has 6 unspecified atom stereocenters. The molecule has 2 heterocycles. The van der Waals surface area contributed by atoms with E-state index in [0.29, 0.717) is 5.75 Å². The number of para-hydroxylation sites is 1. The predicted octanol–water partition coefficient (Wildman–Crippen LogP) is 0.939. The lowest BCUT2D eigenvalue weighted by molar-refractivity contribution is -0.267. The highest BCUT2D eigenvalue weighted by atomic mass is 16.7. The number of aliphatic hydroxyl groups is 3. The van der Waals surface area contributed by atoms with Crippen LogP contribution in [-0.4, -0.2) is 58.7 Å². The summed E-state index contributed by atoms with van der Waals surface area (Å²) in [6, 6.07) is 17.1. The summed E-state index contributed by atoms with van der Waals surface area (Å²) in [6.07, 6.45) is -5.92. The molecule has 0 spiro atoms. The number of rotatable bonds is 3. The zero-order chi connectivity index (χ0) is 17.4. The third-order valence-electron chi connectivity index (χ3n) is 4.63. The number of benzene rings is 2. The van der Waals surface area contributed by atoms with Crippen molar-refractivity contribution in [1.29, 1.82) is 0 Å². The molecule has 3 N–H and O–H groups in total.